The van der Waals surface area contributed by atoms with E-state index in [0.717, 1.165) is 38.5 Å². The molecule has 7 unspecified atom stereocenters. The summed E-state index contributed by atoms with van der Waals surface area (Å²) in [6, 6.07) is 0. The third-order valence-corrected chi connectivity index (χ3v) is 7.22. The Morgan fingerprint density at radius 3 is 2.73 bits per heavy atom. The average molecular weight is 298 g/mol. The first-order valence-corrected chi connectivity index (χ1v) is 8.74. The largest absolute Gasteiger partial charge is 0.393 e. The van der Waals surface area contributed by atoms with Gasteiger partial charge in [0, 0.05) is 5.92 Å². The predicted molar refractivity (Wildman–Crippen MR) is 86.8 cm³/mol. The summed E-state index contributed by atoms with van der Waals surface area (Å²) in [6.07, 6.45) is 18.1. The van der Waals surface area contributed by atoms with Crippen molar-refractivity contribution < 1.29 is 10.2 Å². The van der Waals surface area contributed by atoms with Crippen molar-refractivity contribution in [1.82, 2.24) is 0 Å². The first-order valence-electron chi connectivity index (χ1n) is 8.74. The number of aliphatic hydroxyl groups excluding tert-OH is 1. The minimum absolute atomic E-state index is 0.131. The Kier molecular flexibility index (Phi) is 3.13. The van der Waals surface area contributed by atoms with E-state index in [9.17, 15) is 10.2 Å². The third kappa shape index (κ3) is 1.82. The minimum Gasteiger partial charge on any atom is -0.393 e. The van der Waals surface area contributed by atoms with Crippen LogP contribution in [0.25, 0.3) is 0 Å². The number of fused-ring (bicyclic) bond motifs is 5. The molecule has 7 atom stereocenters. The van der Waals surface area contributed by atoms with Gasteiger partial charge in [0.1, 0.15) is 5.60 Å². The van der Waals surface area contributed by atoms with Crippen molar-refractivity contribution in [3.63, 3.8) is 0 Å². The van der Waals surface area contributed by atoms with Gasteiger partial charge in [-0.1, -0.05) is 36.6 Å². The Morgan fingerprint density at radius 2 is 1.95 bits per heavy atom. The molecular weight excluding hydrogens is 272 g/mol. The summed E-state index contributed by atoms with van der Waals surface area (Å²) < 4.78 is 0. The molecule has 0 radical (unpaired) electrons. The number of allylic oxidation sites excluding steroid dienone is 2. The fourth-order valence-corrected chi connectivity index (χ4v) is 5.88. The highest BCUT2D eigenvalue weighted by atomic mass is 16.3. The van der Waals surface area contributed by atoms with E-state index in [1.807, 2.05) is 0 Å². The molecule has 0 saturated heterocycles. The van der Waals surface area contributed by atoms with E-state index in [2.05, 4.69) is 31.1 Å². The number of hydrogen-bond acceptors (Lipinski definition) is 2. The summed E-state index contributed by atoms with van der Waals surface area (Å²) in [5.74, 6) is 4.45. The summed E-state index contributed by atoms with van der Waals surface area (Å²) in [5, 5.41) is 20.7. The van der Waals surface area contributed by atoms with Gasteiger partial charge in [-0.3, -0.25) is 0 Å². The maximum atomic E-state index is 10.7. The smallest absolute Gasteiger partial charge is 0.131 e. The summed E-state index contributed by atoms with van der Waals surface area (Å²) in [7, 11) is 0. The molecule has 0 aromatic carbocycles. The molecular formula is C20H26O2. The molecule has 22 heavy (non-hydrogen) atoms. The van der Waals surface area contributed by atoms with E-state index >= 15 is 0 Å². The molecule has 2 saturated carbocycles. The number of aliphatic hydroxyl groups is 2. The molecule has 2 heteroatoms. The van der Waals surface area contributed by atoms with Crippen molar-refractivity contribution in [2.45, 2.75) is 57.2 Å². The standard InChI is InChI=1S/C20H26O2/c1-3-20(22)11-9-16-15-5-4-13-12-14(21)8-10-19(13,2)17(15)6-7-18(16)20/h1,4,6-7,14-18,21-22H,5,8-12H2,2H3. The van der Waals surface area contributed by atoms with Gasteiger partial charge in [0.05, 0.1) is 6.10 Å². The second kappa shape index (κ2) is 4.73. The summed E-state index contributed by atoms with van der Waals surface area (Å²) in [4.78, 5) is 0. The van der Waals surface area contributed by atoms with Gasteiger partial charge in [-0.25, -0.2) is 0 Å². The van der Waals surface area contributed by atoms with E-state index in [1.54, 1.807) is 0 Å². The van der Waals surface area contributed by atoms with Crippen LogP contribution in [0.15, 0.2) is 23.8 Å². The number of hydrogen-bond donors (Lipinski definition) is 2. The lowest BCUT2D eigenvalue weighted by molar-refractivity contribution is 0.0197. The van der Waals surface area contributed by atoms with Gasteiger partial charge in [-0.05, 0) is 61.7 Å². The molecule has 0 aromatic heterocycles. The van der Waals surface area contributed by atoms with Gasteiger partial charge >= 0.3 is 0 Å². The third-order valence-electron chi connectivity index (χ3n) is 7.22. The van der Waals surface area contributed by atoms with Crippen LogP contribution in [0.4, 0.5) is 0 Å². The van der Waals surface area contributed by atoms with Crippen LogP contribution >= 0.6 is 0 Å². The molecule has 0 aliphatic heterocycles. The van der Waals surface area contributed by atoms with Gasteiger partial charge in [-0.15, -0.1) is 6.42 Å². The van der Waals surface area contributed by atoms with Gasteiger partial charge < -0.3 is 10.2 Å². The van der Waals surface area contributed by atoms with Crippen molar-refractivity contribution in [2.75, 3.05) is 0 Å². The second-order valence-corrected chi connectivity index (χ2v) is 8.15. The molecule has 2 N–H and O–H groups in total. The molecule has 0 aromatic rings. The molecule has 4 aliphatic rings. The Labute approximate surface area is 133 Å². The van der Waals surface area contributed by atoms with Crippen LogP contribution in [0.5, 0.6) is 0 Å². The molecule has 4 aliphatic carbocycles. The lowest BCUT2D eigenvalue weighted by atomic mass is 9.52. The molecule has 0 heterocycles. The van der Waals surface area contributed by atoms with Crippen LogP contribution in [0.2, 0.25) is 0 Å². The summed E-state index contributed by atoms with van der Waals surface area (Å²) in [5.41, 5.74) is 0.723. The van der Waals surface area contributed by atoms with E-state index in [0.29, 0.717) is 17.8 Å². The van der Waals surface area contributed by atoms with Gasteiger partial charge in [0.25, 0.3) is 0 Å². The number of rotatable bonds is 0. The topological polar surface area (TPSA) is 40.5 Å². The van der Waals surface area contributed by atoms with E-state index in [-0.39, 0.29) is 17.4 Å². The van der Waals surface area contributed by atoms with Gasteiger partial charge in [-0.2, -0.15) is 0 Å². The normalized spacial score (nSPS) is 53.0. The Bertz CT molecular complexity index is 583. The van der Waals surface area contributed by atoms with Gasteiger partial charge in [0.15, 0.2) is 0 Å². The van der Waals surface area contributed by atoms with Crippen molar-refractivity contribution in [3.8, 4) is 12.3 Å². The molecule has 0 spiro atoms. The van der Waals surface area contributed by atoms with Crippen LogP contribution in [0.3, 0.4) is 0 Å². The van der Waals surface area contributed by atoms with Crippen molar-refractivity contribution in [3.05, 3.63) is 23.8 Å². The molecule has 2 nitrogen and oxygen atoms in total. The van der Waals surface area contributed by atoms with Crippen LogP contribution in [0, 0.1) is 41.4 Å². The van der Waals surface area contributed by atoms with E-state index in [4.69, 9.17) is 6.42 Å². The first kappa shape index (κ1) is 14.5. The average Bonchev–Trinajstić information content (AvgIpc) is 2.86. The fraction of sp³-hybridized carbons (Fsp3) is 0.700. The highest BCUT2D eigenvalue weighted by molar-refractivity contribution is 5.31. The van der Waals surface area contributed by atoms with Crippen LogP contribution in [-0.2, 0) is 0 Å². The maximum absolute atomic E-state index is 10.7. The highest BCUT2D eigenvalue weighted by Gasteiger charge is 2.55. The van der Waals surface area contributed by atoms with Crippen molar-refractivity contribution in [2.24, 2.45) is 29.1 Å². The van der Waals surface area contributed by atoms with Crippen LogP contribution < -0.4 is 0 Å². The van der Waals surface area contributed by atoms with E-state index < -0.39 is 5.60 Å². The van der Waals surface area contributed by atoms with E-state index in [1.165, 1.54) is 5.57 Å². The SMILES string of the molecule is C#CC1(O)CCC2C3CC=C4CC(O)CCC4(C)C3C=CC21. The molecule has 0 amide bonds. The molecule has 4 rings (SSSR count). The zero-order valence-electron chi connectivity index (χ0n) is 13.3. The monoisotopic (exact) mass is 298 g/mol. The van der Waals surface area contributed by atoms with Gasteiger partial charge in [0.2, 0.25) is 0 Å². The summed E-state index contributed by atoms with van der Waals surface area (Å²) >= 11 is 0. The predicted octanol–water partition coefficient (Wildman–Crippen LogP) is 3.06. The number of terminal acetylenes is 1. The minimum atomic E-state index is -0.931. The molecule has 2 fully saturated rings. The van der Waals surface area contributed by atoms with Crippen molar-refractivity contribution in [1.29, 1.82) is 0 Å². The Morgan fingerprint density at radius 1 is 1.18 bits per heavy atom. The Balaban J connectivity index is 1.70. The highest BCUT2D eigenvalue weighted by Crippen LogP contribution is 2.60. The van der Waals surface area contributed by atoms with Crippen molar-refractivity contribution >= 4 is 0 Å². The molecule has 118 valence electrons. The lowest BCUT2D eigenvalue weighted by Gasteiger charge is -2.53. The summed E-state index contributed by atoms with van der Waals surface area (Å²) in [6.45, 7) is 2.38. The second-order valence-electron chi connectivity index (χ2n) is 8.15. The first-order chi connectivity index (χ1) is 10.5. The zero-order chi connectivity index (χ0) is 15.5. The quantitative estimate of drug-likeness (QED) is 0.533. The fourth-order valence-electron chi connectivity index (χ4n) is 5.88. The van der Waals surface area contributed by atoms with Crippen LogP contribution in [0.1, 0.15) is 45.4 Å². The lowest BCUT2D eigenvalue weighted by Crippen LogP contribution is -2.47. The zero-order valence-corrected chi connectivity index (χ0v) is 13.3. The molecule has 0 bridgehead atoms. The van der Waals surface area contributed by atoms with Crippen LogP contribution in [-0.4, -0.2) is 21.9 Å². The Hall–Kier alpha value is -1.04. The maximum Gasteiger partial charge on any atom is 0.131 e.